The summed E-state index contributed by atoms with van der Waals surface area (Å²) in [7, 11) is -2.16. The third kappa shape index (κ3) is 3.80. The van der Waals surface area contributed by atoms with Crippen LogP contribution in [0.1, 0.15) is 49.2 Å². The summed E-state index contributed by atoms with van der Waals surface area (Å²) < 4.78 is 23.9. The Labute approximate surface area is 116 Å². The molecule has 0 spiro atoms. The first-order valence-corrected chi connectivity index (χ1v) is 8.13. The van der Waals surface area contributed by atoms with Gasteiger partial charge in [0.25, 0.3) is 5.91 Å². The molecule has 4 nitrogen and oxygen atoms in total. The van der Waals surface area contributed by atoms with Crippen molar-refractivity contribution in [3.63, 3.8) is 0 Å². The van der Waals surface area contributed by atoms with E-state index < -0.39 is 15.9 Å². The van der Waals surface area contributed by atoms with Crippen LogP contribution in [-0.2, 0) is 15.8 Å². The van der Waals surface area contributed by atoms with Crippen molar-refractivity contribution in [1.29, 1.82) is 0 Å². The number of carbonyl (C=O) groups is 1. The lowest BCUT2D eigenvalue weighted by Gasteiger charge is -2.24. The van der Waals surface area contributed by atoms with Crippen molar-refractivity contribution in [2.75, 3.05) is 7.05 Å². The Balaban J connectivity index is 0.000000741. The summed E-state index contributed by atoms with van der Waals surface area (Å²) in [5.74, 6) is -0.537. The fourth-order valence-corrected chi connectivity index (χ4v) is 2.79. The highest BCUT2D eigenvalue weighted by Gasteiger charge is 2.32. The van der Waals surface area contributed by atoms with E-state index in [0.29, 0.717) is 11.1 Å². The number of sulfonamides is 1. The molecule has 1 aliphatic heterocycles. The molecule has 0 radical (unpaired) electrons. The lowest BCUT2D eigenvalue weighted by atomic mass is 10.1. The molecule has 1 aromatic rings. The first kappa shape index (κ1) is 17.6. The molecule has 2 rings (SSSR count). The molecule has 0 saturated heterocycles. The number of amides is 1. The highest BCUT2D eigenvalue weighted by Crippen LogP contribution is 2.24. The van der Waals surface area contributed by atoms with E-state index >= 15 is 0 Å². The van der Waals surface area contributed by atoms with Crippen molar-refractivity contribution in [1.82, 2.24) is 4.31 Å². The second-order valence-electron chi connectivity index (χ2n) is 3.69. The van der Waals surface area contributed by atoms with Crippen molar-refractivity contribution in [2.24, 2.45) is 0 Å². The van der Waals surface area contributed by atoms with E-state index in [2.05, 4.69) is 0 Å². The smallest absolute Gasteiger partial charge is 0.267 e. The molecule has 1 aromatic carbocycles. The van der Waals surface area contributed by atoms with Gasteiger partial charge in [0, 0.05) is 12.6 Å². The van der Waals surface area contributed by atoms with Crippen LogP contribution >= 0.6 is 0 Å². The van der Waals surface area contributed by atoms with Crippen molar-refractivity contribution in [2.45, 2.75) is 40.4 Å². The van der Waals surface area contributed by atoms with E-state index in [9.17, 15) is 13.2 Å². The van der Waals surface area contributed by atoms with E-state index in [1.807, 2.05) is 40.7 Å². The number of hydrogen-bond donors (Lipinski definition) is 0. The number of benzene rings is 1. The number of nitrogens with zero attached hydrogens (tertiary/aromatic N) is 1. The molecule has 0 fully saturated rings. The van der Waals surface area contributed by atoms with Gasteiger partial charge in [-0.15, -0.1) is 0 Å². The minimum absolute atomic E-state index is 0.0924. The molecule has 19 heavy (non-hydrogen) atoms. The zero-order valence-corrected chi connectivity index (χ0v) is 13.3. The molecule has 0 aromatic heterocycles. The van der Waals surface area contributed by atoms with Gasteiger partial charge in [-0.2, -0.15) is 0 Å². The molecule has 108 valence electrons. The SMILES string of the molecule is CC.CC.Cc1ccc2c(c1)C(=O)N(C)S(=O)(=O)C2. The van der Waals surface area contributed by atoms with Crippen molar-refractivity contribution < 1.29 is 13.2 Å². The van der Waals surface area contributed by atoms with Gasteiger partial charge < -0.3 is 0 Å². The summed E-state index contributed by atoms with van der Waals surface area (Å²) in [5, 5.41) is 0. The van der Waals surface area contributed by atoms with Crippen LogP contribution in [0.15, 0.2) is 18.2 Å². The second kappa shape index (κ2) is 7.28. The minimum Gasteiger partial charge on any atom is -0.268 e. The Morgan fingerprint density at radius 1 is 1.11 bits per heavy atom. The number of carbonyl (C=O) groups excluding carboxylic acids is 1. The van der Waals surface area contributed by atoms with Crippen molar-refractivity contribution >= 4 is 15.9 Å². The molecule has 1 aliphatic rings. The fraction of sp³-hybridized carbons (Fsp3) is 0.500. The van der Waals surface area contributed by atoms with Gasteiger partial charge >= 0.3 is 0 Å². The number of rotatable bonds is 0. The molecule has 0 unspecified atom stereocenters. The first-order valence-electron chi connectivity index (χ1n) is 6.52. The molecule has 0 saturated carbocycles. The number of fused-ring (bicyclic) bond motifs is 1. The molecule has 0 N–H and O–H groups in total. The van der Waals surface area contributed by atoms with Crippen LogP contribution < -0.4 is 0 Å². The molecule has 5 heteroatoms. The second-order valence-corrected chi connectivity index (χ2v) is 5.69. The van der Waals surface area contributed by atoms with Crippen LogP contribution in [0.2, 0.25) is 0 Å². The molecular weight excluding hydrogens is 262 g/mol. The van der Waals surface area contributed by atoms with Gasteiger partial charge in [0.15, 0.2) is 0 Å². The molecule has 0 bridgehead atoms. The standard InChI is InChI=1S/C10H11NO3S.2C2H6/c1-7-3-4-8-6-15(13,14)11(2)10(12)9(8)5-7;2*1-2/h3-5H,6H2,1-2H3;2*1-2H3. The van der Waals surface area contributed by atoms with Gasteiger partial charge in [-0.25, -0.2) is 12.7 Å². The Morgan fingerprint density at radius 2 is 1.63 bits per heavy atom. The summed E-state index contributed by atoms with van der Waals surface area (Å²) in [6.07, 6.45) is 0. The summed E-state index contributed by atoms with van der Waals surface area (Å²) >= 11 is 0. The van der Waals surface area contributed by atoms with Crippen LogP contribution in [0.5, 0.6) is 0 Å². The van der Waals surface area contributed by atoms with E-state index in [0.717, 1.165) is 9.87 Å². The van der Waals surface area contributed by atoms with Gasteiger partial charge in [0.1, 0.15) is 0 Å². The summed E-state index contributed by atoms with van der Waals surface area (Å²) in [5.41, 5.74) is 2.03. The topological polar surface area (TPSA) is 54.5 Å². The predicted octanol–water partition coefficient (Wildman–Crippen LogP) is 2.96. The minimum atomic E-state index is -3.45. The van der Waals surface area contributed by atoms with Crippen LogP contribution in [-0.4, -0.2) is 25.7 Å². The van der Waals surface area contributed by atoms with Crippen molar-refractivity contribution in [3.05, 3.63) is 34.9 Å². The van der Waals surface area contributed by atoms with E-state index in [-0.39, 0.29) is 5.75 Å². The largest absolute Gasteiger partial charge is 0.268 e. The first-order chi connectivity index (χ1) is 8.92. The Bertz CT molecular complexity index is 536. The van der Waals surface area contributed by atoms with Crippen LogP contribution in [0.3, 0.4) is 0 Å². The molecular formula is C14H23NO3S. The van der Waals surface area contributed by atoms with Crippen LogP contribution in [0.4, 0.5) is 0 Å². The average Bonchev–Trinajstić information content (AvgIpc) is 2.42. The maximum Gasteiger partial charge on any atom is 0.267 e. The normalized spacial score (nSPS) is 15.5. The Kier molecular flexibility index (Phi) is 6.76. The predicted molar refractivity (Wildman–Crippen MR) is 78.6 cm³/mol. The van der Waals surface area contributed by atoms with E-state index in [1.54, 1.807) is 12.1 Å². The lowest BCUT2D eigenvalue weighted by Crippen LogP contribution is -2.38. The summed E-state index contributed by atoms with van der Waals surface area (Å²) in [6.45, 7) is 9.87. The van der Waals surface area contributed by atoms with Crippen LogP contribution in [0, 0.1) is 6.92 Å². The summed E-state index contributed by atoms with van der Waals surface area (Å²) in [4.78, 5) is 11.7. The van der Waals surface area contributed by atoms with Crippen molar-refractivity contribution in [3.8, 4) is 0 Å². The van der Waals surface area contributed by atoms with Crippen LogP contribution in [0.25, 0.3) is 0 Å². The third-order valence-electron chi connectivity index (χ3n) is 2.54. The highest BCUT2D eigenvalue weighted by atomic mass is 32.2. The van der Waals surface area contributed by atoms with E-state index in [4.69, 9.17) is 0 Å². The maximum atomic E-state index is 11.7. The quantitative estimate of drug-likeness (QED) is 0.736. The maximum absolute atomic E-state index is 11.7. The lowest BCUT2D eigenvalue weighted by molar-refractivity contribution is 0.0878. The van der Waals surface area contributed by atoms with Gasteiger partial charge in [-0.3, -0.25) is 4.79 Å². The average molecular weight is 285 g/mol. The number of aryl methyl sites for hydroxylation is 1. The zero-order valence-electron chi connectivity index (χ0n) is 12.5. The third-order valence-corrected chi connectivity index (χ3v) is 4.21. The fourth-order valence-electron chi connectivity index (χ4n) is 1.60. The molecule has 1 heterocycles. The molecule has 0 aliphatic carbocycles. The Morgan fingerprint density at radius 3 is 2.16 bits per heavy atom. The molecule has 1 amide bonds. The number of hydrogen-bond acceptors (Lipinski definition) is 3. The van der Waals surface area contributed by atoms with Gasteiger partial charge in [-0.1, -0.05) is 45.4 Å². The van der Waals surface area contributed by atoms with Gasteiger partial charge in [-0.05, 0) is 18.6 Å². The highest BCUT2D eigenvalue weighted by molar-refractivity contribution is 7.89. The summed E-state index contributed by atoms with van der Waals surface area (Å²) in [6, 6.07) is 5.24. The Hall–Kier alpha value is -1.36. The molecule has 0 atom stereocenters. The monoisotopic (exact) mass is 285 g/mol. The zero-order chi connectivity index (χ0) is 15.2. The van der Waals surface area contributed by atoms with Gasteiger partial charge in [0.2, 0.25) is 10.0 Å². The van der Waals surface area contributed by atoms with E-state index in [1.165, 1.54) is 7.05 Å². The van der Waals surface area contributed by atoms with Gasteiger partial charge in [0.05, 0.1) is 5.75 Å².